The lowest BCUT2D eigenvalue weighted by atomic mass is 9.95. The maximum atomic E-state index is 12.1. The van der Waals surface area contributed by atoms with Crippen LogP contribution in [0.25, 0.3) is 0 Å². The highest BCUT2D eigenvalue weighted by Gasteiger charge is 2.21. The van der Waals surface area contributed by atoms with Crippen LogP contribution in [0.5, 0.6) is 0 Å². The molecule has 6 nitrogen and oxygen atoms in total. The van der Waals surface area contributed by atoms with Crippen LogP contribution in [0.4, 0.5) is 20.7 Å². The van der Waals surface area contributed by atoms with Crippen LogP contribution >= 0.6 is 27.3 Å². The van der Waals surface area contributed by atoms with Gasteiger partial charge in [-0.25, -0.2) is 4.79 Å². The van der Waals surface area contributed by atoms with E-state index in [9.17, 15) is 4.79 Å². The Hall–Kier alpha value is -1.67. The van der Waals surface area contributed by atoms with Gasteiger partial charge in [-0.15, -0.1) is 10.2 Å². The zero-order valence-electron chi connectivity index (χ0n) is 13.5. The number of urea groups is 1. The van der Waals surface area contributed by atoms with Crippen molar-refractivity contribution < 1.29 is 4.79 Å². The molecule has 1 aromatic heterocycles. The zero-order valence-corrected chi connectivity index (χ0v) is 15.9. The number of aromatic nitrogens is 2. The first-order chi connectivity index (χ1) is 11.6. The van der Waals surface area contributed by atoms with Crippen molar-refractivity contribution >= 4 is 49.2 Å². The lowest BCUT2D eigenvalue weighted by Crippen LogP contribution is -2.33. The average molecular weight is 410 g/mol. The highest BCUT2D eigenvalue weighted by molar-refractivity contribution is 9.10. The summed E-state index contributed by atoms with van der Waals surface area (Å²) in [4.78, 5) is 14.3. The van der Waals surface area contributed by atoms with Gasteiger partial charge in [0.2, 0.25) is 10.3 Å². The van der Waals surface area contributed by atoms with E-state index in [-0.39, 0.29) is 6.03 Å². The van der Waals surface area contributed by atoms with Gasteiger partial charge in [-0.05, 0) is 40.9 Å². The number of carbonyl (C=O) groups excluding carboxylic acids is 1. The molecule has 0 spiro atoms. The molecule has 2 N–H and O–H groups in total. The van der Waals surface area contributed by atoms with Crippen molar-refractivity contribution in [3.8, 4) is 0 Å². The molecular weight excluding hydrogens is 390 g/mol. The fourth-order valence-corrected chi connectivity index (χ4v) is 4.00. The molecule has 2 amide bonds. The molecule has 1 fully saturated rings. The number of carbonyl (C=O) groups is 1. The summed E-state index contributed by atoms with van der Waals surface area (Å²) >= 11 is 4.80. The van der Waals surface area contributed by atoms with E-state index in [0.717, 1.165) is 9.60 Å². The number of anilines is 3. The number of hydrogen-bond acceptors (Lipinski definition) is 5. The van der Waals surface area contributed by atoms with Crippen LogP contribution < -0.4 is 15.5 Å². The zero-order chi connectivity index (χ0) is 16.9. The maximum absolute atomic E-state index is 12.1. The smallest absolute Gasteiger partial charge is 0.325 e. The molecule has 0 aliphatic heterocycles. The van der Waals surface area contributed by atoms with Gasteiger partial charge in [0, 0.05) is 17.6 Å². The molecule has 24 heavy (non-hydrogen) atoms. The van der Waals surface area contributed by atoms with Gasteiger partial charge in [0.25, 0.3) is 0 Å². The number of hydrogen-bond donors (Lipinski definition) is 2. The fourth-order valence-electron chi connectivity index (χ4n) is 2.85. The van der Waals surface area contributed by atoms with Gasteiger partial charge < -0.3 is 10.2 Å². The second-order valence-corrected chi connectivity index (χ2v) is 7.66. The van der Waals surface area contributed by atoms with E-state index in [0.29, 0.717) is 16.9 Å². The molecule has 2 aromatic rings. The van der Waals surface area contributed by atoms with Crippen LogP contribution in [0.15, 0.2) is 28.7 Å². The number of nitrogens with zero attached hydrogens (tertiary/aromatic N) is 3. The molecule has 0 unspecified atom stereocenters. The molecule has 0 bridgehead atoms. The second kappa shape index (κ2) is 7.94. The number of benzene rings is 1. The highest BCUT2D eigenvalue weighted by atomic mass is 79.9. The van der Waals surface area contributed by atoms with E-state index in [4.69, 9.17) is 0 Å². The third-order valence-corrected chi connectivity index (χ3v) is 5.80. The number of halogens is 1. The van der Waals surface area contributed by atoms with E-state index in [2.05, 4.69) is 48.7 Å². The molecule has 0 atom stereocenters. The number of nitrogens with one attached hydrogen (secondary N) is 2. The second-order valence-electron chi connectivity index (χ2n) is 5.85. The minimum atomic E-state index is -0.329. The summed E-state index contributed by atoms with van der Waals surface area (Å²) in [7, 11) is 2.06. The molecule has 3 rings (SSSR count). The molecular formula is C16H20BrN5OS. The summed E-state index contributed by atoms with van der Waals surface area (Å²) in [6, 6.07) is 7.65. The van der Waals surface area contributed by atoms with Crippen LogP contribution in [0.3, 0.4) is 0 Å². The van der Waals surface area contributed by atoms with Crippen LogP contribution in [0, 0.1) is 0 Å². The van der Waals surface area contributed by atoms with Gasteiger partial charge in [0.1, 0.15) is 0 Å². The molecule has 1 aliphatic rings. The Balaban J connectivity index is 1.59. The summed E-state index contributed by atoms with van der Waals surface area (Å²) in [5.41, 5.74) is 0.707. The Morgan fingerprint density at radius 3 is 2.71 bits per heavy atom. The van der Waals surface area contributed by atoms with Gasteiger partial charge in [0.05, 0.1) is 5.69 Å². The van der Waals surface area contributed by atoms with E-state index in [1.54, 1.807) is 0 Å². The van der Waals surface area contributed by atoms with Crippen molar-refractivity contribution in [3.63, 3.8) is 0 Å². The molecule has 1 heterocycles. The third-order valence-electron chi connectivity index (χ3n) is 4.18. The molecule has 1 saturated carbocycles. The first-order valence-electron chi connectivity index (χ1n) is 8.02. The first kappa shape index (κ1) is 17.2. The molecule has 1 aromatic carbocycles. The Labute approximate surface area is 153 Å². The third kappa shape index (κ3) is 4.24. The van der Waals surface area contributed by atoms with Crippen molar-refractivity contribution in [2.45, 2.75) is 38.1 Å². The minimum Gasteiger partial charge on any atom is -0.347 e. The topological polar surface area (TPSA) is 70.2 Å². The van der Waals surface area contributed by atoms with Crippen molar-refractivity contribution in [2.75, 3.05) is 22.6 Å². The minimum absolute atomic E-state index is 0.329. The summed E-state index contributed by atoms with van der Waals surface area (Å²) in [5, 5.41) is 15.2. The Morgan fingerprint density at radius 2 is 1.96 bits per heavy atom. The van der Waals surface area contributed by atoms with Crippen molar-refractivity contribution in [3.05, 3.63) is 28.7 Å². The van der Waals surface area contributed by atoms with Crippen LogP contribution in [0.1, 0.15) is 32.1 Å². The summed E-state index contributed by atoms with van der Waals surface area (Å²) < 4.78 is 0.829. The Bertz CT molecular complexity index is 701. The lowest BCUT2D eigenvalue weighted by molar-refractivity contribution is 0.262. The average Bonchev–Trinajstić information content (AvgIpc) is 3.05. The summed E-state index contributed by atoms with van der Waals surface area (Å²) in [6.45, 7) is 0. The van der Waals surface area contributed by atoms with Gasteiger partial charge in [-0.1, -0.05) is 42.7 Å². The molecule has 1 aliphatic carbocycles. The number of amides is 2. The summed E-state index contributed by atoms with van der Waals surface area (Å²) in [5.74, 6) is 0. The predicted octanol–water partition coefficient (Wildman–Crippen LogP) is 4.71. The van der Waals surface area contributed by atoms with E-state index in [1.165, 1.54) is 43.4 Å². The standard InChI is InChI=1S/C16H20BrN5OS/c1-22(11-7-3-2-4-8-11)16-21-20-15(24-16)19-14(23)18-13-10-6-5-9-12(13)17/h5-6,9-11H,2-4,7-8H2,1H3,(H2,18,19,20,23). The Kier molecular flexibility index (Phi) is 5.68. The number of rotatable bonds is 4. The van der Waals surface area contributed by atoms with Crippen molar-refractivity contribution in [2.24, 2.45) is 0 Å². The van der Waals surface area contributed by atoms with Gasteiger partial charge in [-0.3, -0.25) is 5.32 Å². The highest BCUT2D eigenvalue weighted by Crippen LogP contribution is 2.30. The normalized spacial score (nSPS) is 15.1. The van der Waals surface area contributed by atoms with Crippen LogP contribution in [-0.4, -0.2) is 29.3 Å². The van der Waals surface area contributed by atoms with E-state index >= 15 is 0 Å². The number of para-hydroxylation sites is 1. The maximum Gasteiger partial charge on any atom is 0.325 e. The molecule has 8 heteroatoms. The summed E-state index contributed by atoms with van der Waals surface area (Å²) in [6.07, 6.45) is 6.26. The lowest BCUT2D eigenvalue weighted by Gasteiger charge is -2.30. The first-order valence-corrected chi connectivity index (χ1v) is 9.63. The van der Waals surface area contributed by atoms with Crippen LogP contribution in [0.2, 0.25) is 0 Å². The van der Waals surface area contributed by atoms with Crippen LogP contribution in [-0.2, 0) is 0 Å². The predicted molar refractivity (Wildman–Crippen MR) is 102 cm³/mol. The van der Waals surface area contributed by atoms with E-state index in [1.807, 2.05) is 24.3 Å². The largest absolute Gasteiger partial charge is 0.347 e. The monoisotopic (exact) mass is 409 g/mol. The van der Waals surface area contributed by atoms with Gasteiger partial charge in [-0.2, -0.15) is 0 Å². The SMILES string of the molecule is CN(c1nnc(NC(=O)Nc2ccccc2Br)s1)C1CCCCC1. The van der Waals surface area contributed by atoms with E-state index < -0.39 is 0 Å². The molecule has 0 saturated heterocycles. The fraction of sp³-hybridized carbons (Fsp3) is 0.438. The molecule has 0 radical (unpaired) electrons. The quantitative estimate of drug-likeness (QED) is 0.766. The van der Waals surface area contributed by atoms with Crippen molar-refractivity contribution in [1.82, 2.24) is 10.2 Å². The van der Waals surface area contributed by atoms with Crippen molar-refractivity contribution in [1.29, 1.82) is 0 Å². The van der Waals surface area contributed by atoms with Gasteiger partial charge >= 0.3 is 6.03 Å². The van der Waals surface area contributed by atoms with Gasteiger partial charge in [0.15, 0.2) is 0 Å². The Morgan fingerprint density at radius 1 is 1.21 bits per heavy atom. The molecule has 128 valence electrons.